The second-order valence-corrected chi connectivity index (χ2v) is 10.7. The number of halogens is 1. The molecule has 0 radical (unpaired) electrons. The summed E-state index contributed by atoms with van der Waals surface area (Å²) in [4.78, 5) is 18.5. The molecule has 5 nitrogen and oxygen atoms in total. The van der Waals surface area contributed by atoms with Gasteiger partial charge in [0.2, 0.25) is 0 Å². The fourth-order valence-corrected chi connectivity index (χ4v) is 4.17. The van der Waals surface area contributed by atoms with E-state index in [4.69, 9.17) is 4.99 Å². The van der Waals surface area contributed by atoms with Crippen LogP contribution in [0.4, 0.5) is 5.69 Å². The lowest BCUT2D eigenvalue weighted by Crippen LogP contribution is -2.28. The Morgan fingerprint density at radius 3 is 2.14 bits per heavy atom. The second kappa shape index (κ2) is 19.0. The fraction of sp³-hybridized carbons (Fsp3) is 0.548. The van der Waals surface area contributed by atoms with Gasteiger partial charge in [0, 0.05) is 24.5 Å². The molecular weight excluding hydrogens is 524 g/mol. The molecule has 37 heavy (non-hydrogen) atoms. The molecule has 1 aromatic heterocycles. The number of aryl methyl sites for hydroxylation is 1. The molecule has 3 rings (SSSR count). The zero-order valence-electron chi connectivity index (χ0n) is 24.2. The Morgan fingerprint density at radius 2 is 1.68 bits per heavy atom. The molecule has 2 heterocycles. The average molecular weight is 574 g/mol. The SMILES string of the molecule is CC1CCN(C)CC1.CCC/C=C(/N=c1/c(Br)cccn1C)Nc1ccc(C(C)=O)cc1.CCCCC. The number of hydrogen-bond donors (Lipinski definition) is 1. The van der Waals surface area contributed by atoms with Crippen LogP contribution in [0.15, 0.2) is 64.0 Å². The van der Waals surface area contributed by atoms with Crippen molar-refractivity contribution in [3.63, 3.8) is 0 Å². The molecule has 6 heteroatoms. The largest absolute Gasteiger partial charge is 0.340 e. The number of nitrogens with zero attached hydrogens (tertiary/aromatic N) is 3. The standard InChI is InChI=1S/C19H22BrN3O.C7H15N.C5H12/c1-4-5-8-18(22-19-17(20)7-6-13-23(19)3)21-16-11-9-15(10-12-16)14(2)24;1-7-3-5-8(2)6-4-7;1-3-5-4-2/h6-13,21H,4-5H2,1-3H3;7H,3-6H2,1-2H3;3-5H2,1-2H3/b18-8+,22-19-;;. The monoisotopic (exact) mass is 572 g/mol. The second-order valence-electron chi connectivity index (χ2n) is 9.88. The van der Waals surface area contributed by atoms with Crippen molar-refractivity contribution in [1.82, 2.24) is 9.47 Å². The lowest BCUT2D eigenvalue weighted by molar-refractivity contribution is 0.101. The van der Waals surface area contributed by atoms with Crippen LogP contribution < -0.4 is 10.8 Å². The van der Waals surface area contributed by atoms with Crippen molar-refractivity contribution in [3.8, 4) is 0 Å². The van der Waals surface area contributed by atoms with Crippen molar-refractivity contribution in [3.05, 3.63) is 70.0 Å². The van der Waals surface area contributed by atoms with Gasteiger partial charge in [0.1, 0.15) is 11.3 Å². The summed E-state index contributed by atoms with van der Waals surface area (Å²) in [7, 11) is 4.16. The third-order valence-electron chi connectivity index (χ3n) is 6.23. The summed E-state index contributed by atoms with van der Waals surface area (Å²) in [6.07, 6.45) is 12.9. The molecule has 0 aliphatic carbocycles. The van der Waals surface area contributed by atoms with Gasteiger partial charge in [0.15, 0.2) is 5.78 Å². The lowest BCUT2D eigenvalue weighted by atomic mass is 10.00. The van der Waals surface area contributed by atoms with E-state index < -0.39 is 0 Å². The van der Waals surface area contributed by atoms with Crippen molar-refractivity contribution in [2.75, 3.05) is 25.5 Å². The van der Waals surface area contributed by atoms with E-state index in [-0.39, 0.29) is 5.78 Å². The summed E-state index contributed by atoms with van der Waals surface area (Å²) < 4.78 is 2.90. The third-order valence-corrected chi connectivity index (χ3v) is 6.85. The number of pyridine rings is 1. The highest BCUT2D eigenvalue weighted by atomic mass is 79.9. The van der Waals surface area contributed by atoms with Gasteiger partial charge in [-0.2, -0.15) is 0 Å². The van der Waals surface area contributed by atoms with E-state index in [0.717, 1.165) is 40.2 Å². The molecule has 0 unspecified atom stereocenters. The first-order valence-electron chi connectivity index (χ1n) is 13.8. The third kappa shape index (κ3) is 13.8. The van der Waals surface area contributed by atoms with Crippen molar-refractivity contribution in [2.24, 2.45) is 18.0 Å². The normalized spacial score (nSPS) is 14.8. The van der Waals surface area contributed by atoms with Gasteiger partial charge in [-0.05, 0) is 111 Å². The molecule has 1 aliphatic heterocycles. The quantitative estimate of drug-likeness (QED) is 0.324. The van der Waals surface area contributed by atoms with Crippen molar-refractivity contribution in [1.29, 1.82) is 0 Å². The van der Waals surface area contributed by atoms with Gasteiger partial charge in [-0.25, -0.2) is 4.99 Å². The number of anilines is 1. The van der Waals surface area contributed by atoms with Crippen molar-refractivity contribution in [2.45, 2.75) is 79.6 Å². The van der Waals surface area contributed by atoms with E-state index in [1.165, 1.54) is 45.2 Å². The molecule has 0 atom stereocenters. The lowest BCUT2D eigenvalue weighted by Gasteiger charge is -2.26. The minimum absolute atomic E-state index is 0.0632. The minimum Gasteiger partial charge on any atom is -0.340 e. The molecule has 2 aromatic rings. The highest BCUT2D eigenvalue weighted by molar-refractivity contribution is 9.10. The number of aromatic nitrogens is 1. The Balaban J connectivity index is 0.000000430. The number of ketones is 1. The molecule has 0 amide bonds. The molecular formula is C31H49BrN4O. The maximum absolute atomic E-state index is 11.4. The number of likely N-dealkylation sites (tertiary alicyclic amines) is 1. The van der Waals surface area contributed by atoms with Gasteiger partial charge in [-0.3, -0.25) is 4.79 Å². The predicted octanol–water partition coefficient (Wildman–Crippen LogP) is 8.19. The number of carbonyl (C=O) groups excluding carboxylic acids is 1. The summed E-state index contributed by atoms with van der Waals surface area (Å²) in [5.74, 6) is 1.83. The Kier molecular flexibility index (Phi) is 16.8. The van der Waals surface area contributed by atoms with Crippen molar-refractivity contribution < 1.29 is 4.79 Å². The molecule has 1 aromatic carbocycles. The van der Waals surface area contributed by atoms with Gasteiger partial charge < -0.3 is 14.8 Å². The van der Waals surface area contributed by atoms with Crippen LogP contribution in [-0.4, -0.2) is 35.4 Å². The number of allylic oxidation sites excluding steroid dienone is 1. The molecule has 1 fully saturated rings. The van der Waals surface area contributed by atoms with E-state index >= 15 is 0 Å². The van der Waals surface area contributed by atoms with E-state index in [0.29, 0.717) is 5.56 Å². The average Bonchev–Trinajstić information content (AvgIpc) is 2.88. The van der Waals surface area contributed by atoms with Crippen LogP contribution in [0.3, 0.4) is 0 Å². The first kappa shape index (κ1) is 32.8. The Hall–Kier alpha value is -2.18. The maximum Gasteiger partial charge on any atom is 0.159 e. The van der Waals surface area contributed by atoms with Crippen LogP contribution in [-0.2, 0) is 7.05 Å². The number of nitrogens with one attached hydrogen (secondary N) is 1. The van der Waals surface area contributed by atoms with Gasteiger partial charge in [0.05, 0.1) is 4.47 Å². The van der Waals surface area contributed by atoms with Crippen LogP contribution in [0.5, 0.6) is 0 Å². The van der Waals surface area contributed by atoms with E-state index in [9.17, 15) is 4.79 Å². The van der Waals surface area contributed by atoms with Crippen LogP contribution in [0.1, 0.15) is 89.9 Å². The molecule has 0 saturated carbocycles. The highest BCUT2D eigenvalue weighted by Gasteiger charge is 2.10. The topological polar surface area (TPSA) is 49.6 Å². The van der Waals surface area contributed by atoms with Crippen molar-refractivity contribution >= 4 is 27.4 Å². The number of unbranched alkanes of at least 4 members (excludes halogenated alkanes) is 3. The number of benzene rings is 1. The number of Topliss-reactive ketones (excluding diaryl/α,β-unsaturated/α-hetero) is 1. The Bertz CT molecular complexity index is 967. The molecule has 206 valence electrons. The molecule has 0 spiro atoms. The fourth-order valence-electron chi connectivity index (χ4n) is 3.65. The summed E-state index contributed by atoms with van der Waals surface area (Å²) in [6.45, 7) is 13.1. The molecule has 1 aliphatic rings. The van der Waals surface area contributed by atoms with Crippen LogP contribution in [0.2, 0.25) is 0 Å². The van der Waals surface area contributed by atoms with Crippen LogP contribution in [0.25, 0.3) is 0 Å². The smallest absolute Gasteiger partial charge is 0.159 e. The van der Waals surface area contributed by atoms with Gasteiger partial charge >= 0.3 is 0 Å². The van der Waals surface area contributed by atoms with Gasteiger partial charge in [-0.15, -0.1) is 0 Å². The molecule has 1 N–H and O–H groups in total. The number of carbonyl (C=O) groups is 1. The summed E-state index contributed by atoms with van der Waals surface area (Å²) in [6, 6.07) is 11.4. The Labute approximate surface area is 234 Å². The van der Waals surface area contributed by atoms with Crippen LogP contribution in [0, 0.1) is 5.92 Å². The maximum atomic E-state index is 11.4. The minimum atomic E-state index is 0.0632. The predicted molar refractivity (Wildman–Crippen MR) is 163 cm³/mol. The number of hydrogen-bond acceptors (Lipinski definition) is 4. The molecule has 1 saturated heterocycles. The zero-order chi connectivity index (χ0) is 27.6. The molecule has 0 bridgehead atoms. The highest BCUT2D eigenvalue weighted by Crippen LogP contribution is 2.15. The number of piperidine rings is 1. The zero-order valence-corrected chi connectivity index (χ0v) is 25.8. The van der Waals surface area contributed by atoms with Gasteiger partial charge in [0.25, 0.3) is 0 Å². The van der Waals surface area contributed by atoms with E-state index in [2.05, 4.69) is 67.0 Å². The Morgan fingerprint density at radius 1 is 1.05 bits per heavy atom. The van der Waals surface area contributed by atoms with Crippen LogP contribution >= 0.6 is 15.9 Å². The van der Waals surface area contributed by atoms with E-state index in [1.54, 1.807) is 6.92 Å². The summed E-state index contributed by atoms with van der Waals surface area (Å²) >= 11 is 3.55. The summed E-state index contributed by atoms with van der Waals surface area (Å²) in [5.41, 5.74) is 2.45. The number of rotatable bonds is 8. The van der Waals surface area contributed by atoms with E-state index in [1.807, 2.05) is 54.2 Å². The first-order valence-corrected chi connectivity index (χ1v) is 14.6. The summed E-state index contributed by atoms with van der Waals surface area (Å²) in [5, 5.41) is 3.33. The van der Waals surface area contributed by atoms with Gasteiger partial charge in [-0.1, -0.05) is 53.4 Å². The first-order chi connectivity index (χ1) is 17.7.